The first kappa shape index (κ1) is 16.9. The number of pyridine rings is 1. The molecule has 0 radical (unpaired) electrons. The highest BCUT2D eigenvalue weighted by Gasteiger charge is 2.63. The Kier molecular flexibility index (Phi) is 4.88. The molecule has 2 aliphatic rings. The fourth-order valence-corrected chi connectivity index (χ4v) is 4.24. The van der Waals surface area contributed by atoms with Gasteiger partial charge in [0, 0.05) is 25.0 Å². The molecule has 0 bridgehead atoms. The van der Waals surface area contributed by atoms with E-state index >= 15 is 0 Å². The number of nitrogens with zero attached hydrogens (tertiary/aromatic N) is 2. The van der Waals surface area contributed by atoms with Crippen LogP contribution in [0.25, 0.3) is 0 Å². The molecule has 1 spiro atoms. The second-order valence-corrected chi connectivity index (χ2v) is 7.33. The molecule has 1 unspecified atom stereocenters. The van der Waals surface area contributed by atoms with Crippen LogP contribution < -0.4 is 5.32 Å². The molecule has 3 rings (SSSR count). The molecular weight excluding hydrogens is 302 g/mol. The molecule has 130 valence electrons. The van der Waals surface area contributed by atoms with Crippen LogP contribution >= 0.6 is 0 Å². The normalized spacial score (nSPS) is 22.5. The highest BCUT2D eigenvalue weighted by atomic mass is 16.2. The van der Waals surface area contributed by atoms with E-state index in [2.05, 4.69) is 10.3 Å². The van der Waals surface area contributed by atoms with Gasteiger partial charge in [0.1, 0.15) is 6.04 Å². The van der Waals surface area contributed by atoms with Crippen molar-refractivity contribution < 1.29 is 9.59 Å². The van der Waals surface area contributed by atoms with Gasteiger partial charge < -0.3 is 10.2 Å². The summed E-state index contributed by atoms with van der Waals surface area (Å²) in [7, 11) is 0. The van der Waals surface area contributed by atoms with E-state index in [1.165, 1.54) is 6.42 Å². The molecule has 1 saturated carbocycles. The van der Waals surface area contributed by atoms with E-state index in [1.807, 2.05) is 32.2 Å². The van der Waals surface area contributed by atoms with Crippen molar-refractivity contribution >= 4 is 11.8 Å². The van der Waals surface area contributed by atoms with Crippen LogP contribution in [-0.4, -0.2) is 40.3 Å². The Labute approximate surface area is 143 Å². The Morgan fingerprint density at radius 3 is 2.75 bits per heavy atom. The zero-order chi connectivity index (χ0) is 17.2. The average molecular weight is 329 g/mol. The fraction of sp³-hybridized carbons (Fsp3) is 0.632. The van der Waals surface area contributed by atoms with Gasteiger partial charge in [0.05, 0.1) is 5.41 Å². The molecule has 1 aromatic heterocycles. The fourth-order valence-electron chi connectivity index (χ4n) is 4.24. The topological polar surface area (TPSA) is 62.3 Å². The summed E-state index contributed by atoms with van der Waals surface area (Å²) in [6.45, 7) is 4.56. The number of rotatable bonds is 5. The van der Waals surface area contributed by atoms with Crippen molar-refractivity contribution in [2.45, 2.75) is 64.5 Å². The number of β-lactam (4-membered cyclic amide) rings is 1. The van der Waals surface area contributed by atoms with E-state index < -0.39 is 5.41 Å². The van der Waals surface area contributed by atoms with E-state index in [0.717, 1.165) is 37.7 Å². The first-order valence-electron chi connectivity index (χ1n) is 9.05. The van der Waals surface area contributed by atoms with Crippen molar-refractivity contribution in [2.24, 2.45) is 5.41 Å². The summed E-state index contributed by atoms with van der Waals surface area (Å²) in [4.78, 5) is 31.4. The molecule has 2 fully saturated rings. The van der Waals surface area contributed by atoms with Gasteiger partial charge >= 0.3 is 0 Å². The number of hydrogen-bond donors (Lipinski definition) is 1. The predicted molar refractivity (Wildman–Crippen MR) is 92.2 cm³/mol. The molecule has 1 atom stereocenters. The Morgan fingerprint density at radius 2 is 2.12 bits per heavy atom. The van der Waals surface area contributed by atoms with Crippen molar-refractivity contribution in [3.63, 3.8) is 0 Å². The number of carbonyl (C=O) groups is 2. The summed E-state index contributed by atoms with van der Waals surface area (Å²) in [5.74, 6) is 0.193. The molecule has 5 nitrogen and oxygen atoms in total. The van der Waals surface area contributed by atoms with Crippen LogP contribution in [0.4, 0.5) is 0 Å². The van der Waals surface area contributed by atoms with Crippen molar-refractivity contribution in [1.29, 1.82) is 0 Å². The van der Waals surface area contributed by atoms with Gasteiger partial charge in [-0.2, -0.15) is 0 Å². The molecule has 5 heteroatoms. The molecule has 1 saturated heterocycles. The minimum absolute atomic E-state index is 0.00842. The third kappa shape index (κ3) is 2.92. The number of aromatic nitrogens is 1. The Morgan fingerprint density at radius 1 is 1.38 bits per heavy atom. The maximum Gasteiger partial charge on any atom is 0.243 e. The van der Waals surface area contributed by atoms with Crippen LogP contribution in [0, 0.1) is 5.41 Å². The standard InChI is InChI=1S/C19H27N3O2/c1-14(2)22-16(19(18(22)24)9-4-3-5-10-19)17(23)21-12-8-15-7-6-11-20-13-15/h6-7,11,13-14,16H,3-5,8-10,12H2,1-2H3,(H,21,23). The number of amides is 2. The van der Waals surface area contributed by atoms with Crippen molar-refractivity contribution in [2.75, 3.05) is 6.54 Å². The lowest BCUT2D eigenvalue weighted by Crippen LogP contribution is -2.75. The summed E-state index contributed by atoms with van der Waals surface area (Å²) in [6.07, 6.45) is 9.32. The van der Waals surface area contributed by atoms with Gasteiger partial charge in [0.2, 0.25) is 11.8 Å². The van der Waals surface area contributed by atoms with E-state index in [0.29, 0.717) is 6.54 Å². The monoisotopic (exact) mass is 329 g/mol. The third-order valence-electron chi connectivity index (χ3n) is 5.45. The van der Waals surface area contributed by atoms with Crippen molar-refractivity contribution in [1.82, 2.24) is 15.2 Å². The van der Waals surface area contributed by atoms with E-state index in [4.69, 9.17) is 0 Å². The van der Waals surface area contributed by atoms with Crippen molar-refractivity contribution in [3.05, 3.63) is 30.1 Å². The van der Waals surface area contributed by atoms with Gasteiger partial charge in [-0.1, -0.05) is 25.3 Å². The van der Waals surface area contributed by atoms with Crippen LogP contribution in [0.1, 0.15) is 51.5 Å². The minimum atomic E-state index is -0.430. The number of hydrogen-bond acceptors (Lipinski definition) is 3. The van der Waals surface area contributed by atoms with Crippen LogP contribution in [0.5, 0.6) is 0 Å². The SMILES string of the molecule is CC(C)N1C(=O)C2(CCCCC2)C1C(=O)NCCc1cccnc1. The number of carbonyl (C=O) groups excluding carboxylic acids is 2. The van der Waals surface area contributed by atoms with Crippen LogP contribution in [-0.2, 0) is 16.0 Å². The molecule has 1 aliphatic carbocycles. The Hall–Kier alpha value is -1.91. The third-order valence-corrected chi connectivity index (χ3v) is 5.45. The van der Waals surface area contributed by atoms with E-state index in [-0.39, 0.29) is 23.9 Å². The summed E-state index contributed by atoms with van der Waals surface area (Å²) in [6, 6.07) is 3.69. The molecule has 1 aromatic rings. The zero-order valence-corrected chi connectivity index (χ0v) is 14.6. The Balaban J connectivity index is 1.65. The second kappa shape index (κ2) is 6.91. The lowest BCUT2D eigenvalue weighted by molar-refractivity contribution is -0.185. The van der Waals surface area contributed by atoms with Gasteiger partial charge in [-0.15, -0.1) is 0 Å². The highest BCUT2D eigenvalue weighted by molar-refractivity contribution is 6.02. The van der Waals surface area contributed by atoms with Gasteiger partial charge in [-0.05, 0) is 44.7 Å². The molecular formula is C19H27N3O2. The second-order valence-electron chi connectivity index (χ2n) is 7.33. The molecule has 1 aliphatic heterocycles. The number of likely N-dealkylation sites (tertiary alicyclic amines) is 1. The average Bonchev–Trinajstić information content (AvgIpc) is 2.60. The lowest BCUT2D eigenvalue weighted by Gasteiger charge is -2.58. The maximum atomic E-state index is 12.8. The largest absolute Gasteiger partial charge is 0.354 e. The van der Waals surface area contributed by atoms with Gasteiger partial charge in [-0.3, -0.25) is 14.6 Å². The van der Waals surface area contributed by atoms with Crippen LogP contribution in [0.3, 0.4) is 0 Å². The maximum absolute atomic E-state index is 12.8. The van der Waals surface area contributed by atoms with E-state index in [9.17, 15) is 9.59 Å². The first-order chi connectivity index (χ1) is 11.6. The summed E-state index contributed by atoms with van der Waals surface area (Å²) in [5, 5.41) is 3.05. The summed E-state index contributed by atoms with van der Waals surface area (Å²) >= 11 is 0. The molecule has 1 N–H and O–H groups in total. The van der Waals surface area contributed by atoms with Gasteiger partial charge in [-0.25, -0.2) is 0 Å². The van der Waals surface area contributed by atoms with Gasteiger partial charge in [0.25, 0.3) is 0 Å². The van der Waals surface area contributed by atoms with Crippen LogP contribution in [0.15, 0.2) is 24.5 Å². The van der Waals surface area contributed by atoms with E-state index in [1.54, 1.807) is 11.1 Å². The van der Waals surface area contributed by atoms with Gasteiger partial charge in [0.15, 0.2) is 0 Å². The molecule has 2 amide bonds. The zero-order valence-electron chi connectivity index (χ0n) is 14.6. The summed E-state index contributed by atoms with van der Waals surface area (Å²) in [5.41, 5.74) is 0.677. The molecule has 0 aromatic carbocycles. The molecule has 2 heterocycles. The lowest BCUT2D eigenvalue weighted by atomic mass is 9.61. The summed E-state index contributed by atoms with van der Waals surface area (Å²) < 4.78 is 0. The Bertz CT molecular complexity index is 594. The minimum Gasteiger partial charge on any atom is -0.354 e. The first-order valence-corrected chi connectivity index (χ1v) is 9.05. The predicted octanol–water partition coefficient (Wildman–Crippen LogP) is 2.31. The smallest absolute Gasteiger partial charge is 0.243 e. The molecule has 24 heavy (non-hydrogen) atoms. The van der Waals surface area contributed by atoms with Crippen molar-refractivity contribution in [3.8, 4) is 0 Å². The van der Waals surface area contributed by atoms with Crippen LogP contribution in [0.2, 0.25) is 0 Å². The highest BCUT2D eigenvalue weighted by Crippen LogP contribution is 2.50. The number of nitrogens with one attached hydrogen (secondary N) is 1. The quantitative estimate of drug-likeness (QED) is 0.843.